The van der Waals surface area contributed by atoms with E-state index < -0.39 is 0 Å². The average molecular weight is 342 g/mol. The number of nitrogens with one attached hydrogen (secondary N) is 1. The molecular formula is C20H30N4O. The number of aryl methyl sites for hydroxylation is 3. The van der Waals surface area contributed by atoms with E-state index in [1.165, 1.54) is 12.8 Å². The van der Waals surface area contributed by atoms with E-state index in [0.29, 0.717) is 30.7 Å². The Morgan fingerprint density at radius 3 is 2.80 bits per heavy atom. The number of carbonyl (C=O) groups is 1. The van der Waals surface area contributed by atoms with Crippen LogP contribution in [0.1, 0.15) is 62.2 Å². The summed E-state index contributed by atoms with van der Waals surface area (Å²) in [7, 11) is 0. The maximum Gasteiger partial charge on any atom is 0.220 e. The van der Waals surface area contributed by atoms with Crippen LogP contribution in [-0.4, -0.2) is 26.5 Å². The number of carbonyl (C=O) groups excluding carboxylic acids is 1. The van der Waals surface area contributed by atoms with Gasteiger partial charge in [-0.3, -0.25) is 4.79 Å². The molecule has 1 aliphatic rings. The SMILES string of the molecule is Cc1cc2nc(C)c(CCC(=O)NC3CCCC(C)C3C)c(C)n2n1. The summed E-state index contributed by atoms with van der Waals surface area (Å²) in [5.41, 5.74) is 5.06. The highest BCUT2D eigenvalue weighted by Crippen LogP contribution is 2.29. The molecule has 1 fully saturated rings. The van der Waals surface area contributed by atoms with Crippen LogP contribution in [0.3, 0.4) is 0 Å². The Kier molecular flexibility index (Phi) is 5.11. The molecule has 3 unspecified atom stereocenters. The zero-order chi connectivity index (χ0) is 18.1. The van der Waals surface area contributed by atoms with Crippen molar-refractivity contribution in [3.8, 4) is 0 Å². The summed E-state index contributed by atoms with van der Waals surface area (Å²) in [6.07, 6.45) is 4.82. The average Bonchev–Trinajstić information content (AvgIpc) is 2.92. The fraction of sp³-hybridized carbons (Fsp3) is 0.650. The molecule has 3 atom stereocenters. The van der Waals surface area contributed by atoms with Crippen molar-refractivity contribution in [2.24, 2.45) is 11.8 Å². The molecule has 0 radical (unpaired) electrons. The molecule has 5 heteroatoms. The Bertz CT molecular complexity index is 780. The highest BCUT2D eigenvalue weighted by molar-refractivity contribution is 5.76. The van der Waals surface area contributed by atoms with Gasteiger partial charge in [-0.25, -0.2) is 9.50 Å². The van der Waals surface area contributed by atoms with E-state index in [0.717, 1.165) is 34.7 Å². The van der Waals surface area contributed by atoms with Crippen molar-refractivity contribution in [2.45, 2.75) is 72.8 Å². The molecule has 1 N–H and O–H groups in total. The van der Waals surface area contributed by atoms with Crippen molar-refractivity contribution in [2.75, 3.05) is 0 Å². The van der Waals surface area contributed by atoms with E-state index in [4.69, 9.17) is 0 Å². The minimum atomic E-state index is 0.154. The van der Waals surface area contributed by atoms with E-state index >= 15 is 0 Å². The topological polar surface area (TPSA) is 59.3 Å². The largest absolute Gasteiger partial charge is 0.353 e. The molecule has 1 saturated carbocycles. The number of hydrogen-bond donors (Lipinski definition) is 1. The minimum absolute atomic E-state index is 0.154. The fourth-order valence-electron chi connectivity index (χ4n) is 4.11. The second kappa shape index (κ2) is 7.14. The van der Waals surface area contributed by atoms with Crippen LogP contribution in [0.15, 0.2) is 6.07 Å². The Labute approximate surface area is 150 Å². The van der Waals surface area contributed by atoms with Gasteiger partial charge in [0.25, 0.3) is 0 Å². The third-order valence-electron chi connectivity index (χ3n) is 5.94. The van der Waals surface area contributed by atoms with Crippen molar-refractivity contribution in [1.82, 2.24) is 19.9 Å². The van der Waals surface area contributed by atoms with Gasteiger partial charge in [-0.05, 0) is 51.0 Å². The highest BCUT2D eigenvalue weighted by Gasteiger charge is 2.28. The molecule has 3 rings (SSSR count). The molecule has 2 aromatic heterocycles. The van der Waals surface area contributed by atoms with Gasteiger partial charge in [0.2, 0.25) is 5.91 Å². The summed E-state index contributed by atoms with van der Waals surface area (Å²) in [5, 5.41) is 7.77. The zero-order valence-corrected chi connectivity index (χ0v) is 16.1. The molecule has 0 aromatic carbocycles. The van der Waals surface area contributed by atoms with Gasteiger partial charge in [0.05, 0.1) is 5.69 Å². The normalized spacial score (nSPS) is 23.8. The molecule has 0 aliphatic heterocycles. The van der Waals surface area contributed by atoms with Gasteiger partial charge in [-0.1, -0.05) is 26.7 Å². The maximum atomic E-state index is 12.5. The molecule has 25 heavy (non-hydrogen) atoms. The summed E-state index contributed by atoms with van der Waals surface area (Å²) in [6, 6.07) is 2.31. The van der Waals surface area contributed by atoms with E-state index in [9.17, 15) is 4.79 Å². The lowest BCUT2D eigenvalue weighted by molar-refractivity contribution is -0.122. The van der Waals surface area contributed by atoms with Crippen LogP contribution in [0.4, 0.5) is 0 Å². The number of fused-ring (bicyclic) bond motifs is 1. The van der Waals surface area contributed by atoms with Crippen LogP contribution in [0.2, 0.25) is 0 Å². The van der Waals surface area contributed by atoms with Gasteiger partial charge in [-0.15, -0.1) is 0 Å². The van der Waals surface area contributed by atoms with E-state index in [2.05, 4.69) is 36.2 Å². The second-order valence-electron chi connectivity index (χ2n) is 7.76. The molecule has 0 saturated heterocycles. The van der Waals surface area contributed by atoms with Crippen LogP contribution in [0, 0.1) is 32.6 Å². The lowest BCUT2D eigenvalue weighted by atomic mass is 9.78. The predicted octanol–water partition coefficient (Wildman–Crippen LogP) is 3.53. The van der Waals surface area contributed by atoms with Gasteiger partial charge in [-0.2, -0.15) is 5.10 Å². The summed E-state index contributed by atoms with van der Waals surface area (Å²) in [5.74, 6) is 1.41. The zero-order valence-electron chi connectivity index (χ0n) is 16.1. The van der Waals surface area contributed by atoms with Crippen molar-refractivity contribution >= 4 is 11.6 Å². The van der Waals surface area contributed by atoms with E-state index in [1.54, 1.807) is 0 Å². The molecule has 2 heterocycles. The molecule has 1 amide bonds. The van der Waals surface area contributed by atoms with E-state index in [-0.39, 0.29) is 5.91 Å². The second-order valence-corrected chi connectivity index (χ2v) is 7.76. The monoisotopic (exact) mass is 342 g/mol. The van der Waals surface area contributed by atoms with Gasteiger partial charge in [0.15, 0.2) is 5.65 Å². The molecular weight excluding hydrogens is 312 g/mol. The Balaban J connectivity index is 1.67. The summed E-state index contributed by atoms with van der Waals surface area (Å²) < 4.78 is 1.89. The Morgan fingerprint density at radius 1 is 1.28 bits per heavy atom. The van der Waals surface area contributed by atoms with Crippen LogP contribution in [0.5, 0.6) is 0 Å². The highest BCUT2D eigenvalue weighted by atomic mass is 16.1. The van der Waals surface area contributed by atoms with Gasteiger partial charge >= 0.3 is 0 Å². The van der Waals surface area contributed by atoms with Crippen molar-refractivity contribution in [3.63, 3.8) is 0 Å². The first-order valence-electron chi connectivity index (χ1n) is 9.48. The number of nitrogens with zero attached hydrogens (tertiary/aromatic N) is 3. The number of hydrogen-bond acceptors (Lipinski definition) is 3. The van der Waals surface area contributed by atoms with Gasteiger partial charge in [0, 0.05) is 29.9 Å². The summed E-state index contributed by atoms with van der Waals surface area (Å²) >= 11 is 0. The lowest BCUT2D eigenvalue weighted by Crippen LogP contribution is -2.43. The molecule has 136 valence electrons. The smallest absolute Gasteiger partial charge is 0.220 e. The van der Waals surface area contributed by atoms with Crippen LogP contribution in [0.25, 0.3) is 5.65 Å². The lowest BCUT2D eigenvalue weighted by Gasteiger charge is -2.34. The van der Waals surface area contributed by atoms with Gasteiger partial charge in [0.1, 0.15) is 0 Å². The quantitative estimate of drug-likeness (QED) is 0.925. The molecule has 2 aromatic rings. The maximum absolute atomic E-state index is 12.5. The number of amides is 1. The van der Waals surface area contributed by atoms with Crippen molar-refractivity contribution < 1.29 is 4.79 Å². The molecule has 5 nitrogen and oxygen atoms in total. The fourth-order valence-corrected chi connectivity index (χ4v) is 4.11. The van der Waals surface area contributed by atoms with Crippen molar-refractivity contribution in [3.05, 3.63) is 28.7 Å². The summed E-state index contributed by atoms with van der Waals surface area (Å²) in [4.78, 5) is 17.1. The molecule has 0 spiro atoms. The van der Waals surface area contributed by atoms with Crippen LogP contribution < -0.4 is 5.32 Å². The molecule has 0 bridgehead atoms. The molecule has 1 aliphatic carbocycles. The minimum Gasteiger partial charge on any atom is -0.353 e. The van der Waals surface area contributed by atoms with Crippen LogP contribution >= 0.6 is 0 Å². The first kappa shape index (κ1) is 17.9. The van der Waals surface area contributed by atoms with E-state index in [1.807, 2.05) is 24.4 Å². The standard InChI is InChI=1S/C20H30N4O/c1-12-7-6-8-18(14(12)3)22-20(25)10-9-17-15(4)21-19-11-13(2)23-24(19)16(17)5/h11-12,14,18H,6-10H2,1-5H3,(H,22,25). The van der Waals surface area contributed by atoms with Crippen LogP contribution in [-0.2, 0) is 11.2 Å². The first-order chi connectivity index (χ1) is 11.9. The Hall–Kier alpha value is -1.91. The first-order valence-corrected chi connectivity index (χ1v) is 9.48. The number of rotatable bonds is 4. The third kappa shape index (κ3) is 3.70. The summed E-state index contributed by atoms with van der Waals surface area (Å²) in [6.45, 7) is 10.6. The predicted molar refractivity (Wildman–Crippen MR) is 99.6 cm³/mol. The van der Waals surface area contributed by atoms with Gasteiger partial charge < -0.3 is 5.32 Å². The third-order valence-corrected chi connectivity index (χ3v) is 5.94. The van der Waals surface area contributed by atoms with Crippen molar-refractivity contribution in [1.29, 1.82) is 0 Å². The Morgan fingerprint density at radius 2 is 2.04 bits per heavy atom. The number of aromatic nitrogens is 3.